The first-order valence-corrected chi connectivity index (χ1v) is 6.98. The first-order chi connectivity index (χ1) is 9.52. The Morgan fingerprint density at radius 2 is 2.10 bits per heavy atom. The van der Waals surface area contributed by atoms with Gasteiger partial charge in [0.05, 0.1) is 0 Å². The lowest BCUT2D eigenvalue weighted by Gasteiger charge is -2.41. The van der Waals surface area contributed by atoms with E-state index in [0.29, 0.717) is 0 Å². The molecule has 2 rings (SSSR count). The van der Waals surface area contributed by atoms with Gasteiger partial charge in [-0.1, -0.05) is 31.0 Å². The third-order valence-corrected chi connectivity index (χ3v) is 3.76. The van der Waals surface area contributed by atoms with Crippen LogP contribution in [0, 0.1) is 17.8 Å². The zero-order valence-electron chi connectivity index (χ0n) is 12.3. The molecular formula is C17H21NO2. The van der Waals surface area contributed by atoms with Crippen molar-refractivity contribution in [1.29, 1.82) is 0 Å². The summed E-state index contributed by atoms with van der Waals surface area (Å²) in [5, 5.41) is 0. The van der Waals surface area contributed by atoms with Crippen LogP contribution in [0.4, 0.5) is 0 Å². The largest absolute Gasteiger partial charge is 0.446 e. The Labute approximate surface area is 120 Å². The highest BCUT2D eigenvalue weighted by atomic mass is 16.6. The Morgan fingerprint density at radius 3 is 2.70 bits per heavy atom. The first kappa shape index (κ1) is 14.6. The van der Waals surface area contributed by atoms with E-state index in [1.165, 1.54) is 6.92 Å². The van der Waals surface area contributed by atoms with Crippen LogP contribution in [0.15, 0.2) is 30.3 Å². The first-order valence-electron chi connectivity index (χ1n) is 6.98. The monoisotopic (exact) mass is 271 g/mol. The molecule has 0 aliphatic carbocycles. The fraction of sp³-hybridized carbons (Fsp3) is 0.471. The van der Waals surface area contributed by atoms with E-state index in [1.807, 2.05) is 30.3 Å². The molecule has 0 amide bonds. The van der Waals surface area contributed by atoms with Crippen LogP contribution in [0.25, 0.3) is 0 Å². The third kappa shape index (κ3) is 3.40. The molecule has 106 valence electrons. The van der Waals surface area contributed by atoms with Gasteiger partial charge in [-0.05, 0) is 25.1 Å². The normalized spacial score (nSPS) is 26.4. The van der Waals surface area contributed by atoms with E-state index in [2.05, 4.69) is 30.7 Å². The van der Waals surface area contributed by atoms with Crippen molar-refractivity contribution in [3.8, 4) is 11.8 Å². The van der Waals surface area contributed by atoms with Crippen LogP contribution in [0.3, 0.4) is 0 Å². The van der Waals surface area contributed by atoms with Gasteiger partial charge in [0.2, 0.25) is 0 Å². The van der Waals surface area contributed by atoms with Crippen LogP contribution in [0.2, 0.25) is 0 Å². The van der Waals surface area contributed by atoms with E-state index in [0.717, 1.165) is 25.1 Å². The van der Waals surface area contributed by atoms with Crippen LogP contribution >= 0.6 is 0 Å². The average Bonchev–Trinajstić information content (AvgIpc) is 2.41. The molecule has 0 bridgehead atoms. The molecule has 3 nitrogen and oxygen atoms in total. The molecule has 1 saturated heterocycles. The summed E-state index contributed by atoms with van der Waals surface area (Å²) >= 11 is 0. The molecule has 0 saturated carbocycles. The molecule has 1 fully saturated rings. The number of likely N-dealkylation sites (tertiary alicyclic amines) is 1. The number of hydrogen-bond acceptors (Lipinski definition) is 3. The predicted octanol–water partition coefficient (Wildman–Crippen LogP) is 2.31. The molecular weight excluding hydrogens is 250 g/mol. The summed E-state index contributed by atoms with van der Waals surface area (Å²) < 4.78 is 5.62. The van der Waals surface area contributed by atoms with Gasteiger partial charge < -0.3 is 9.64 Å². The minimum atomic E-state index is -0.659. The zero-order valence-corrected chi connectivity index (χ0v) is 12.3. The lowest BCUT2D eigenvalue weighted by Crippen LogP contribution is -2.51. The summed E-state index contributed by atoms with van der Waals surface area (Å²) in [6.45, 7) is 5.33. The van der Waals surface area contributed by atoms with Gasteiger partial charge in [-0.3, -0.25) is 4.79 Å². The summed E-state index contributed by atoms with van der Waals surface area (Å²) in [6, 6.07) is 9.81. The van der Waals surface area contributed by atoms with Crippen molar-refractivity contribution in [2.24, 2.45) is 5.92 Å². The third-order valence-electron chi connectivity index (χ3n) is 3.76. The maximum Gasteiger partial charge on any atom is 0.304 e. The number of nitrogens with zero attached hydrogens (tertiary/aromatic N) is 1. The van der Waals surface area contributed by atoms with Gasteiger partial charge in [-0.2, -0.15) is 0 Å². The molecule has 1 aromatic rings. The van der Waals surface area contributed by atoms with Crippen LogP contribution in [-0.4, -0.2) is 36.6 Å². The highest BCUT2D eigenvalue weighted by molar-refractivity contribution is 5.67. The van der Waals surface area contributed by atoms with Crippen molar-refractivity contribution < 1.29 is 9.53 Å². The standard InChI is InChI=1S/C17H21NO2/c1-14-13-18(3)12-11-17(14,20-15(2)19)10-9-16-7-5-4-6-8-16/h4-8,14H,11-13H2,1-3H3/t14-,17+/m0/s1. The van der Waals surface area contributed by atoms with E-state index < -0.39 is 5.60 Å². The number of hydrogen-bond donors (Lipinski definition) is 0. The smallest absolute Gasteiger partial charge is 0.304 e. The van der Waals surface area contributed by atoms with Gasteiger partial charge in [0.15, 0.2) is 5.60 Å². The fourth-order valence-corrected chi connectivity index (χ4v) is 2.63. The molecule has 0 N–H and O–H groups in total. The zero-order chi connectivity index (χ0) is 14.6. The average molecular weight is 271 g/mol. The second-order valence-electron chi connectivity index (χ2n) is 5.51. The molecule has 1 heterocycles. The van der Waals surface area contributed by atoms with Crippen molar-refractivity contribution in [1.82, 2.24) is 4.90 Å². The molecule has 0 radical (unpaired) electrons. The Kier molecular flexibility index (Phi) is 4.46. The Morgan fingerprint density at radius 1 is 1.40 bits per heavy atom. The van der Waals surface area contributed by atoms with Crippen molar-refractivity contribution in [3.05, 3.63) is 35.9 Å². The molecule has 1 aliphatic heterocycles. The van der Waals surface area contributed by atoms with Crippen LogP contribution in [0.5, 0.6) is 0 Å². The lowest BCUT2D eigenvalue weighted by molar-refractivity contribution is -0.159. The summed E-state index contributed by atoms with van der Waals surface area (Å²) in [6.07, 6.45) is 0.754. The summed E-state index contributed by atoms with van der Waals surface area (Å²) in [4.78, 5) is 13.7. The Balaban J connectivity index is 2.29. The summed E-state index contributed by atoms with van der Waals surface area (Å²) in [7, 11) is 2.08. The molecule has 0 unspecified atom stereocenters. The van der Waals surface area contributed by atoms with E-state index in [4.69, 9.17) is 4.74 Å². The highest BCUT2D eigenvalue weighted by Gasteiger charge is 2.41. The number of benzene rings is 1. The molecule has 3 heteroatoms. The van der Waals surface area contributed by atoms with Crippen LogP contribution in [-0.2, 0) is 9.53 Å². The quantitative estimate of drug-likeness (QED) is 0.580. The van der Waals surface area contributed by atoms with Crippen LogP contribution < -0.4 is 0 Å². The number of ether oxygens (including phenoxy) is 1. The number of carbonyl (C=O) groups is 1. The Hall–Kier alpha value is -1.79. The molecule has 0 aromatic heterocycles. The number of esters is 1. The van der Waals surface area contributed by atoms with Crippen molar-refractivity contribution in [2.75, 3.05) is 20.1 Å². The topological polar surface area (TPSA) is 29.5 Å². The van der Waals surface area contributed by atoms with Gasteiger partial charge in [0.25, 0.3) is 0 Å². The number of rotatable bonds is 1. The van der Waals surface area contributed by atoms with E-state index in [-0.39, 0.29) is 11.9 Å². The molecule has 0 spiro atoms. The van der Waals surface area contributed by atoms with Gasteiger partial charge in [-0.15, -0.1) is 0 Å². The molecule has 20 heavy (non-hydrogen) atoms. The SMILES string of the molecule is CC(=O)O[C@]1(C#Cc2ccccc2)CCN(C)C[C@@H]1C. The van der Waals surface area contributed by atoms with Gasteiger partial charge in [0.1, 0.15) is 0 Å². The number of carbonyl (C=O) groups excluding carboxylic acids is 1. The summed E-state index contributed by atoms with van der Waals surface area (Å²) in [5.41, 5.74) is 0.291. The number of piperidine rings is 1. The maximum atomic E-state index is 11.5. The maximum absolute atomic E-state index is 11.5. The lowest BCUT2D eigenvalue weighted by atomic mass is 9.82. The van der Waals surface area contributed by atoms with Gasteiger partial charge in [0, 0.05) is 37.9 Å². The van der Waals surface area contributed by atoms with Gasteiger partial charge in [-0.25, -0.2) is 0 Å². The minimum Gasteiger partial charge on any atom is -0.446 e. The second kappa shape index (κ2) is 6.11. The van der Waals surface area contributed by atoms with E-state index in [9.17, 15) is 4.79 Å². The highest BCUT2D eigenvalue weighted by Crippen LogP contribution is 2.31. The van der Waals surface area contributed by atoms with Crippen molar-refractivity contribution in [3.63, 3.8) is 0 Å². The molecule has 2 atom stereocenters. The van der Waals surface area contributed by atoms with E-state index in [1.54, 1.807) is 0 Å². The molecule has 1 aromatic carbocycles. The second-order valence-corrected chi connectivity index (χ2v) is 5.51. The fourth-order valence-electron chi connectivity index (χ4n) is 2.63. The minimum absolute atomic E-state index is 0.196. The van der Waals surface area contributed by atoms with Gasteiger partial charge >= 0.3 is 5.97 Å². The van der Waals surface area contributed by atoms with Crippen molar-refractivity contribution in [2.45, 2.75) is 25.9 Å². The predicted molar refractivity (Wildman–Crippen MR) is 79.1 cm³/mol. The van der Waals surface area contributed by atoms with Crippen molar-refractivity contribution >= 4 is 5.97 Å². The molecule has 1 aliphatic rings. The Bertz CT molecular complexity index is 529. The van der Waals surface area contributed by atoms with Crippen LogP contribution in [0.1, 0.15) is 25.8 Å². The van der Waals surface area contributed by atoms with E-state index >= 15 is 0 Å². The summed E-state index contributed by atoms with van der Waals surface area (Å²) in [5.74, 6) is 6.33.